The number of carbonyl (C=O) groups excluding carboxylic acids is 2. The molecule has 7 rings (SSSR count). The molecule has 5 N–H and O–H groups in total. The van der Waals surface area contributed by atoms with Crippen LogP contribution in [0.25, 0.3) is 0 Å². The zero-order valence-corrected chi connectivity index (χ0v) is 26.5. The molecule has 3 saturated carbocycles. The Kier molecular flexibility index (Phi) is 7.73. The first-order valence-electron chi connectivity index (χ1n) is 16.7. The van der Waals surface area contributed by atoms with Crippen molar-refractivity contribution in [3.8, 4) is 0 Å². The molecule has 0 aromatic carbocycles. The lowest BCUT2D eigenvalue weighted by Gasteiger charge is -2.58. The third-order valence-electron chi connectivity index (χ3n) is 13.7. The first kappa shape index (κ1) is 31.9. The number of carbonyl (C=O) groups is 2. The van der Waals surface area contributed by atoms with Gasteiger partial charge in [0.05, 0.1) is 30.3 Å². The number of hydrogen-bond donors (Lipinski definition) is 5. The molecule has 4 aliphatic carbocycles. The van der Waals surface area contributed by atoms with Gasteiger partial charge < -0.3 is 44.5 Å². The second-order valence-electron chi connectivity index (χ2n) is 15.4. The third kappa shape index (κ3) is 4.38. The molecular weight excluding hydrogens is 584 g/mol. The summed E-state index contributed by atoms with van der Waals surface area (Å²) in [6.07, 6.45) is 0.417. The van der Waals surface area contributed by atoms with Crippen molar-refractivity contribution in [2.45, 2.75) is 121 Å². The van der Waals surface area contributed by atoms with Crippen LogP contribution in [0.4, 0.5) is 0 Å². The number of hydrogen-bond acceptors (Lipinski definition) is 11. The summed E-state index contributed by atoms with van der Waals surface area (Å²) < 4.78 is 23.4. The molecule has 16 atom stereocenters. The Labute approximate surface area is 263 Å². The third-order valence-corrected chi connectivity index (χ3v) is 13.7. The number of fused-ring (bicyclic) bond motifs is 4. The van der Waals surface area contributed by atoms with Gasteiger partial charge in [0.2, 0.25) is 0 Å². The molecule has 11 nitrogen and oxygen atoms in total. The maximum absolute atomic E-state index is 13.4. The van der Waals surface area contributed by atoms with Gasteiger partial charge in [-0.1, -0.05) is 19.4 Å². The Morgan fingerprint density at radius 3 is 2.51 bits per heavy atom. The van der Waals surface area contributed by atoms with Crippen LogP contribution >= 0.6 is 0 Å². The van der Waals surface area contributed by atoms with E-state index >= 15 is 0 Å². The fourth-order valence-electron chi connectivity index (χ4n) is 11.0. The number of ether oxygens (including phenoxy) is 4. The molecule has 3 aliphatic heterocycles. The summed E-state index contributed by atoms with van der Waals surface area (Å²) in [6.45, 7) is 7.73. The van der Waals surface area contributed by atoms with E-state index in [0.717, 1.165) is 37.7 Å². The lowest BCUT2D eigenvalue weighted by atomic mass is 9.44. The molecule has 0 radical (unpaired) electrons. The van der Waals surface area contributed by atoms with Crippen LogP contribution < -0.4 is 0 Å². The summed E-state index contributed by atoms with van der Waals surface area (Å²) in [4.78, 5) is 26.7. The zero-order chi connectivity index (χ0) is 32.2. The first-order chi connectivity index (χ1) is 21.3. The summed E-state index contributed by atoms with van der Waals surface area (Å²) in [5.74, 6) is 0.994. The molecule has 0 aromatic heterocycles. The number of ketones is 1. The highest BCUT2D eigenvalue weighted by atomic mass is 16.7. The van der Waals surface area contributed by atoms with Crippen molar-refractivity contribution in [3.05, 3.63) is 23.3 Å². The Bertz CT molecular complexity index is 1290. The molecule has 1 spiro atoms. The Balaban J connectivity index is 1.03. The number of esters is 1. The molecule has 0 bridgehead atoms. The number of epoxide rings is 1. The van der Waals surface area contributed by atoms with Gasteiger partial charge in [-0.05, 0) is 93.1 Å². The summed E-state index contributed by atoms with van der Waals surface area (Å²) >= 11 is 0. The monoisotopic (exact) mass is 632 g/mol. The molecule has 0 unspecified atom stereocenters. The highest BCUT2D eigenvalue weighted by Crippen LogP contribution is 2.73. The van der Waals surface area contributed by atoms with Gasteiger partial charge in [-0.15, -0.1) is 0 Å². The van der Waals surface area contributed by atoms with E-state index < -0.39 is 60.4 Å². The smallest absolute Gasteiger partial charge is 0.336 e. The second kappa shape index (κ2) is 10.9. The SMILES string of the molecule is CC1=C(CO[C@@H]2O[C@H](CO)[C@@H](O)[C@H](O)[C@H]2O)C(=O)O[C@@H]([C@@H](C)[C@H]2CC[C@H]3[C@@H]4C[C@H]5O[C@]56[C@@H](O)C=CC(=O)[C@]6(C)[C@H]4CC[C@]23C)C1. The van der Waals surface area contributed by atoms with E-state index in [2.05, 4.69) is 13.8 Å². The van der Waals surface area contributed by atoms with Gasteiger partial charge in [0.25, 0.3) is 0 Å². The molecule has 5 fully saturated rings. The molecule has 0 amide bonds. The van der Waals surface area contributed by atoms with Crippen LogP contribution in [0, 0.1) is 40.4 Å². The van der Waals surface area contributed by atoms with E-state index in [0.29, 0.717) is 29.7 Å². The minimum Gasteiger partial charge on any atom is -0.458 e. The topological polar surface area (TPSA) is 176 Å². The number of cyclic esters (lactones) is 1. The van der Waals surface area contributed by atoms with Gasteiger partial charge >= 0.3 is 5.97 Å². The van der Waals surface area contributed by atoms with Crippen LogP contribution in [-0.2, 0) is 28.5 Å². The summed E-state index contributed by atoms with van der Waals surface area (Å²) in [5, 5.41) is 50.8. The van der Waals surface area contributed by atoms with Gasteiger partial charge in [0.15, 0.2) is 12.1 Å². The minimum absolute atomic E-state index is 0.0362. The van der Waals surface area contributed by atoms with Gasteiger partial charge in [-0.3, -0.25) is 4.79 Å². The molecule has 11 heteroatoms. The van der Waals surface area contributed by atoms with E-state index in [-0.39, 0.29) is 41.8 Å². The van der Waals surface area contributed by atoms with Crippen LogP contribution in [0.3, 0.4) is 0 Å². The molecule has 7 aliphatic rings. The van der Waals surface area contributed by atoms with Gasteiger partial charge in [0, 0.05) is 6.42 Å². The van der Waals surface area contributed by atoms with Crippen LogP contribution in [0.2, 0.25) is 0 Å². The molecule has 2 saturated heterocycles. The Morgan fingerprint density at radius 2 is 1.80 bits per heavy atom. The van der Waals surface area contributed by atoms with Crippen LogP contribution in [0.5, 0.6) is 0 Å². The fourth-order valence-corrected chi connectivity index (χ4v) is 11.0. The first-order valence-corrected chi connectivity index (χ1v) is 16.7. The molecule has 45 heavy (non-hydrogen) atoms. The average molecular weight is 633 g/mol. The van der Waals surface area contributed by atoms with Crippen LogP contribution in [0.15, 0.2) is 23.3 Å². The summed E-state index contributed by atoms with van der Waals surface area (Å²) in [7, 11) is 0. The van der Waals surface area contributed by atoms with Crippen LogP contribution in [0.1, 0.15) is 66.2 Å². The van der Waals surface area contributed by atoms with E-state index in [9.17, 15) is 35.1 Å². The number of aliphatic hydroxyl groups is 5. The lowest BCUT2D eigenvalue weighted by Crippen LogP contribution is -2.63. The normalized spacial score (nSPS) is 52.8. The minimum atomic E-state index is -1.56. The van der Waals surface area contributed by atoms with Crippen molar-refractivity contribution in [3.63, 3.8) is 0 Å². The number of aliphatic hydroxyl groups excluding tert-OH is 5. The predicted molar refractivity (Wildman–Crippen MR) is 157 cm³/mol. The maximum Gasteiger partial charge on any atom is 0.336 e. The zero-order valence-electron chi connectivity index (χ0n) is 26.5. The van der Waals surface area contributed by atoms with Crippen molar-refractivity contribution in [1.29, 1.82) is 0 Å². The molecule has 250 valence electrons. The highest BCUT2D eigenvalue weighted by Gasteiger charge is 2.80. The number of allylic oxidation sites excluding steroid dienone is 1. The standard InChI is InChI=1S/C34H48O11/c1-15-11-22(43-30(41)18(15)14-42-31-29(40)28(39)27(38)23(13-35)44-31)16(2)19-5-6-20-17-12-26-34(45-26)25(37)8-7-24(36)33(34,4)21(17)9-10-32(19,20)3/h7-8,16-17,19-23,25-29,31,35,37-40H,5-6,9-14H2,1-4H3/t16-,17-,19+,20-,21-,22+,23+,25-,26+,27+,28-,29+,31+,32+,33-,34+/m0/s1. The predicted octanol–water partition coefficient (Wildman–Crippen LogP) is 1.18. The maximum atomic E-state index is 13.4. The van der Waals surface area contributed by atoms with Gasteiger partial charge in [-0.25, -0.2) is 4.79 Å². The lowest BCUT2D eigenvalue weighted by molar-refractivity contribution is -0.299. The molecule has 3 heterocycles. The van der Waals surface area contributed by atoms with E-state index in [1.54, 1.807) is 12.2 Å². The largest absolute Gasteiger partial charge is 0.458 e. The van der Waals surface area contributed by atoms with Crippen LogP contribution in [-0.4, -0.2) is 105 Å². The Hall–Kier alpha value is -1.70. The van der Waals surface area contributed by atoms with Crippen molar-refractivity contribution in [1.82, 2.24) is 0 Å². The van der Waals surface area contributed by atoms with Gasteiger partial charge in [-0.2, -0.15) is 0 Å². The van der Waals surface area contributed by atoms with Gasteiger partial charge in [0.1, 0.15) is 42.2 Å². The van der Waals surface area contributed by atoms with Crippen molar-refractivity contribution in [2.24, 2.45) is 40.4 Å². The summed E-state index contributed by atoms with van der Waals surface area (Å²) in [5.41, 5.74) is -0.281. The van der Waals surface area contributed by atoms with Crippen molar-refractivity contribution < 1.29 is 54.1 Å². The van der Waals surface area contributed by atoms with Crippen molar-refractivity contribution >= 4 is 11.8 Å². The van der Waals surface area contributed by atoms with E-state index in [4.69, 9.17) is 18.9 Å². The van der Waals surface area contributed by atoms with E-state index in [1.165, 1.54) is 0 Å². The highest BCUT2D eigenvalue weighted by molar-refractivity contribution is 5.98. The van der Waals surface area contributed by atoms with Crippen molar-refractivity contribution in [2.75, 3.05) is 13.2 Å². The quantitative estimate of drug-likeness (QED) is 0.210. The Morgan fingerprint density at radius 1 is 1.04 bits per heavy atom. The average Bonchev–Trinajstić information content (AvgIpc) is 3.64. The fraction of sp³-hybridized carbons (Fsp3) is 0.824. The second-order valence-corrected chi connectivity index (χ2v) is 15.4. The van der Waals surface area contributed by atoms with E-state index in [1.807, 2.05) is 13.8 Å². The molecule has 0 aromatic rings. The number of rotatable bonds is 6. The molecular formula is C34H48O11. The summed E-state index contributed by atoms with van der Waals surface area (Å²) in [6, 6.07) is 0.